The molecule has 1 spiro atoms. The van der Waals surface area contributed by atoms with Gasteiger partial charge in [-0.2, -0.15) is 0 Å². The van der Waals surface area contributed by atoms with E-state index in [-0.39, 0.29) is 23.4 Å². The number of piperidine rings is 1. The van der Waals surface area contributed by atoms with Gasteiger partial charge < -0.3 is 15.1 Å². The molecule has 3 rings (SSSR count). The second-order valence-electron chi connectivity index (χ2n) is 7.67. The van der Waals surface area contributed by atoms with Gasteiger partial charge in [0.05, 0.1) is 0 Å². The summed E-state index contributed by atoms with van der Waals surface area (Å²) in [5.74, 6) is 0.00892. The van der Waals surface area contributed by atoms with E-state index < -0.39 is 0 Å². The number of amides is 3. The molecule has 0 aromatic carbocycles. The summed E-state index contributed by atoms with van der Waals surface area (Å²) in [5, 5.41) is 3.05. The lowest BCUT2D eigenvalue weighted by atomic mass is 9.60. The smallest absolute Gasteiger partial charge is 0.317 e. The average Bonchev–Trinajstić information content (AvgIpc) is 2.56. The van der Waals surface area contributed by atoms with Crippen LogP contribution in [-0.2, 0) is 0 Å². The van der Waals surface area contributed by atoms with Gasteiger partial charge in [0.25, 0.3) is 5.91 Å². The van der Waals surface area contributed by atoms with Gasteiger partial charge >= 0.3 is 6.03 Å². The third-order valence-corrected chi connectivity index (χ3v) is 5.74. The van der Waals surface area contributed by atoms with Gasteiger partial charge in [0.2, 0.25) is 0 Å². The second-order valence-corrected chi connectivity index (χ2v) is 7.67. The first-order valence-corrected chi connectivity index (χ1v) is 8.87. The molecule has 0 unspecified atom stereocenters. The molecule has 1 aromatic heterocycles. The molecule has 1 saturated heterocycles. The first kappa shape index (κ1) is 17.6. The van der Waals surface area contributed by atoms with E-state index in [0.29, 0.717) is 5.69 Å². The van der Waals surface area contributed by atoms with E-state index in [9.17, 15) is 9.59 Å². The number of carbonyl (C=O) groups is 2. The second kappa shape index (κ2) is 6.61. The number of nitrogens with one attached hydrogen (secondary N) is 1. The summed E-state index contributed by atoms with van der Waals surface area (Å²) in [6.45, 7) is 5.32. The van der Waals surface area contributed by atoms with Crippen molar-refractivity contribution >= 4 is 11.9 Å². The molecule has 2 aliphatic rings. The van der Waals surface area contributed by atoms with E-state index in [1.165, 1.54) is 6.33 Å². The average molecular weight is 345 g/mol. The highest BCUT2D eigenvalue weighted by Gasteiger charge is 2.47. The van der Waals surface area contributed by atoms with Gasteiger partial charge in [-0.1, -0.05) is 0 Å². The summed E-state index contributed by atoms with van der Waals surface area (Å²) in [6, 6.07) is 0.242. The van der Waals surface area contributed by atoms with Gasteiger partial charge in [0.15, 0.2) is 0 Å². The van der Waals surface area contributed by atoms with Crippen molar-refractivity contribution in [3.63, 3.8) is 0 Å². The van der Waals surface area contributed by atoms with Crippen LogP contribution in [-0.4, -0.2) is 64.9 Å². The molecule has 136 valence electrons. The maximum absolute atomic E-state index is 12.7. The molecule has 1 aromatic rings. The number of carbonyl (C=O) groups excluding carboxylic acids is 2. The maximum Gasteiger partial charge on any atom is 0.317 e. The molecule has 3 amide bonds. The predicted molar refractivity (Wildman–Crippen MR) is 94.3 cm³/mol. The topological polar surface area (TPSA) is 78.4 Å². The highest BCUT2D eigenvalue weighted by molar-refractivity contribution is 5.93. The zero-order chi connectivity index (χ0) is 18.2. The zero-order valence-electron chi connectivity index (χ0n) is 15.5. The van der Waals surface area contributed by atoms with Gasteiger partial charge in [-0.15, -0.1) is 0 Å². The SMILES string of the molecule is Cc1ncnc(C(=O)N2CCC3(CC2)CC(NC(=O)N(C)C)C3)c1C. The van der Waals surface area contributed by atoms with Gasteiger partial charge in [-0.05, 0) is 44.9 Å². The molecule has 7 nitrogen and oxygen atoms in total. The van der Waals surface area contributed by atoms with Crippen LogP contribution < -0.4 is 5.32 Å². The Hall–Kier alpha value is -2.18. The van der Waals surface area contributed by atoms with Crippen molar-refractivity contribution in [2.24, 2.45) is 5.41 Å². The Bertz CT molecular complexity index is 672. The first-order chi connectivity index (χ1) is 11.8. The largest absolute Gasteiger partial charge is 0.337 e. The molecule has 1 saturated carbocycles. The molecule has 1 aliphatic heterocycles. The molecular formula is C18H27N5O2. The summed E-state index contributed by atoms with van der Waals surface area (Å²) < 4.78 is 0. The zero-order valence-corrected chi connectivity index (χ0v) is 15.5. The van der Waals surface area contributed by atoms with Crippen LogP contribution in [0.5, 0.6) is 0 Å². The number of hydrogen-bond acceptors (Lipinski definition) is 4. The van der Waals surface area contributed by atoms with Crippen LogP contribution in [0.2, 0.25) is 0 Å². The third kappa shape index (κ3) is 3.45. The number of nitrogens with zero attached hydrogens (tertiary/aromatic N) is 4. The van der Waals surface area contributed by atoms with Crippen LogP contribution >= 0.6 is 0 Å². The van der Waals surface area contributed by atoms with E-state index in [0.717, 1.165) is 50.0 Å². The highest BCUT2D eigenvalue weighted by Crippen LogP contribution is 2.49. The quantitative estimate of drug-likeness (QED) is 0.886. The molecular weight excluding hydrogens is 318 g/mol. The number of likely N-dealkylation sites (tertiary alicyclic amines) is 1. The fourth-order valence-electron chi connectivity index (χ4n) is 3.89. The van der Waals surface area contributed by atoms with Crippen LogP contribution in [0.25, 0.3) is 0 Å². The molecule has 1 aliphatic carbocycles. The Kier molecular flexibility index (Phi) is 4.67. The Labute approximate surface area is 148 Å². The third-order valence-electron chi connectivity index (χ3n) is 5.74. The highest BCUT2D eigenvalue weighted by atomic mass is 16.2. The number of urea groups is 1. The first-order valence-electron chi connectivity index (χ1n) is 8.87. The summed E-state index contributed by atoms with van der Waals surface area (Å²) in [7, 11) is 3.51. The Morgan fingerprint density at radius 3 is 2.44 bits per heavy atom. The van der Waals surface area contributed by atoms with Crippen molar-refractivity contribution in [1.82, 2.24) is 25.1 Å². The summed E-state index contributed by atoms with van der Waals surface area (Å²) in [4.78, 5) is 36.3. The summed E-state index contributed by atoms with van der Waals surface area (Å²) >= 11 is 0. The van der Waals surface area contributed by atoms with Crippen molar-refractivity contribution < 1.29 is 9.59 Å². The van der Waals surface area contributed by atoms with E-state index in [2.05, 4.69) is 15.3 Å². The molecule has 2 fully saturated rings. The van der Waals surface area contributed by atoms with Crippen molar-refractivity contribution in [1.29, 1.82) is 0 Å². The Morgan fingerprint density at radius 1 is 1.20 bits per heavy atom. The minimum absolute atomic E-state index is 0.00892. The normalized spacial score (nSPS) is 19.4. The van der Waals surface area contributed by atoms with E-state index in [1.807, 2.05) is 18.7 Å². The van der Waals surface area contributed by atoms with Gasteiger partial charge in [-0.25, -0.2) is 14.8 Å². The fourth-order valence-corrected chi connectivity index (χ4v) is 3.89. The molecule has 0 radical (unpaired) electrons. The molecule has 0 bridgehead atoms. The maximum atomic E-state index is 12.7. The van der Waals surface area contributed by atoms with Gasteiger partial charge in [0.1, 0.15) is 12.0 Å². The monoisotopic (exact) mass is 345 g/mol. The molecule has 25 heavy (non-hydrogen) atoms. The lowest BCUT2D eigenvalue weighted by Crippen LogP contribution is -2.56. The summed E-state index contributed by atoms with van der Waals surface area (Å²) in [5.41, 5.74) is 2.53. The lowest BCUT2D eigenvalue weighted by molar-refractivity contribution is 0.00988. The predicted octanol–water partition coefficient (Wildman–Crippen LogP) is 1.75. The van der Waals surface area contributed by atoms with Crippen LogP contribution in [0.15, 0.2) is 6.33 Å². The number of hydrogen-bond donors (Lipinski definition) is 1. The number of aryl methyl sites for hydroxylation is 1. The number of rotatable bonds is 2. The van der Waals surface area contributed by atoms with Gasteiger partial charge in [-0.3, -0.25) is 4.79 Å². The lowest BCUT2D eigenvalue weighted by Gasteiger charge is -2.52. The number of aromatic nitrogens is 2. The van der Waals surface area contributed by atoms with Crippen molar-refractivity contribution in [2.45, 2.75) is 45.6 Å². The standard InChI is InChI=1S/C18H27N5O2/c1-12-13(2)19-11-20-15(12)16(24)23-7-5-18(6-8-23)9-14(10-18)21-17(25)22(3)4/h11,14H,5-10H2,1-4H3,(H,21,25). The van der Waals surface area contributed by atoms with E-state index >= 15 is 0 Å². The van der Waals surface area contributed by atoms with Crippen molar-refractivity contribution in [3.8, 4) is 0 Å². The van der Waals surface area contributed by atoms with Crippen molar-refractivity contribution in [3.05, 3.63) is 23.3 Å². The molecule has 7 heteroatoms. The van der Waals surface area contributed by atoms with Crippen LogP contribution in [0.1, 0.15) is 47.4 Å². The van der Waals surface area contributed by atoms with Crippen molar-refractivity contribution in [2.75, 3.05) is 27.2 Å². The Morgan fingerprint density at radius 2 is 1.84 bits per heavy atom. The van der Waals surface area contributed by atoms with Crippen LogP contribution in [0, 0.1) is 19.3 Å². The minimum atomic E-state index is -0.0259. The minimum Gasteiger partial charge on any atom is -0.337 e. The molecule has 1 N–H and O–H groups in total. The molecule has 0 atom stereocenters. The van der Waals surface area contributed by atoms with Crippen LogP contribution in [0.3, 0.4) is 0 Å². The van der Waals surface area contributed by atoms with Crippen LogP contribution in [0.4, 0.5) is 4.79 Å². The van der Waals surface area contributed by atoms with Gasteiger partial charge in [0, 0.05) is 44.5 Å². The Balaban J connectivity index is 1.54. The van der Waals surface area contributed by atoms with E-state index in [4.69, 9.17) is 0 Å². The molecule has 2 heterocycles. The summed E-state index contributed by atoms with van der Waals surface area (Å²) in [6.07, 6.45) is 5.48. The fraction of sp³-hybridized carbons (Fsp3) is 0.667. The van der Waals surface area contributed by atoms with E-state index in [1.54, 1.807) is 19.0 Å².